The SMILES string of the molecule is C=C/C(=C\C=C/c1ccc(C)cc1)c1ccccc1-c1ccccc1C1=CCCC(N/C=C/C=C(C)\C=C/c2ccc(C)cc2)=C1. The summed E-state index contributed by atoms with van der Waals surface area (Å²) in [7, 11) is 0. The fourth-order valence-corrected chi connectivity index (χ4v) is 5.47. The smallest absolute Gasteiger partial charge is 0.0155 e. The molecular weight excluding hydrogens is 555 g/mol. The molecule has 0 fully saturated rings. The van der Waals surface area contributed by atoms with Crippen LogP contribution in [0.3, 0.4) is 0 Å². The molecule has 1 nitrogen and oxygen atoms in total. The van der Waals surface area contributed by atoms with E-state index in [2.05, 4.69) is 184 Å². The number of rotatable bonds is 11. The first-order chi connectivity index (χ1) is 22.5. The summed E-state index contributed by atoms with van der Waals surface area (Å²) >= 11 is 0. The highest BCUT2D eigenvalue weighted by Gasteiger charge is 2.14. The van der Waals surface area contributed by atoms with Crippen molar-refractivity contribution in [2.24, 2.45) is 0 Å². The van der Waals surface area contributed by atoms with Gasteiger partial charge in [0.2, 0.25) is 0 Å². The van der Waals surface area contributed by atoms with Crippen molar-refractivity contribution in [3.63, 3.8) is 0 Å². The van der Waals surface area contributed by atoms with Gasteiger partial charge in [0.1, 0.15) is 0 Å². The average molecular weight is 598 g/mol. The molecule has 0 atom stereocenters. The number of hydrogen-bond donors (Lipinski definition) is 1. The van der Waals surface area contributed by atoms with Crippen LogP contribution in [0.15, 0.2) is 170 Å². The molecule has 46 heavy (non-hydrogen) atoms. The third-order valence-electron chi connectivity index (χ3n) is 8.08. The van der Waals surface area contributed by atoms with Gasteiger partial charge in [-0.1, -0.05) is 169 Å². The van der Waals surface area contributed by atoms with Crippen LogP contribution in [0.2, 0.25) is 0 Å². The van der Waals surface area contributed by atoms with Crippen molar-refractivity contribution in [1.82, 2.24) is 5.32 Å². The normalized spacial score (nSPS) is 14.2. The van der Waals surface area contributed by atoms with Crippen LogP contribution in [-0.2, 0) is 0 Å². The highest BCUT2D eigenvalue weighted by Crippen LogP contribution is 2.36. The molecule has 0 amide bonds. The maximum Gasteiger partial charge on any atom is 0.0155 e. The number of nitrogens with one attached hydrogen (secondary N) is 1. The first-order valence-corrected chi connectivity index (χ1v) is 16.0. The zero-order chi connectivity index (χ0) is 32.1. The minimum Gasteiger partial charge on any atom is -0.365 e. The van der Waals surface area contributed by atoms with Gasteiger partial charge in [-0.3, -0.25) is 0 Å². The van der Waals surface area contributed by atoms with Gasteiger partial charge >= 0.3 is 0 Å². The minimum atomic E-state index is 0.985. The highest BCUT2D eigenvalue weighted by molar-refractivity contribution is 5.92. The molecule has 4 aromatic rings. The minimum absolute atomic E-state index is 0.985. The first-order valence-electron chi connectivity index (χ1n) is 16.0. The van der Waals surface area contributed by atoms with Crippen molar-refractivity contribution < 1.29 is 0 Å². The van der Waals surface area contributed by atoms with Crippen LogP contribution in [-0.4, -0.2) is 0 Å². The van der Waals surface area contributed by atoms with E-state index in [4.69, 9.17) is 0 Å². The van der Waals surface area contributed by atoms with Crippen molar-refractivity contribution in [1.29, 1.82) is 0 Å². The second-order valence-corrected chi connectivity index (χ2v) is 11.7. The summed E-state index contributed by atoms with van der Waals surface area (Å²) in [5.74, 6) is 0. The summed E-state index contributed by atoms with van der Waals surface area (Å²) in [5, 5.41) is 3.54. The lowest BCUT2D eigenvalue weighted by Crippen LogP contribution is -2.07. The molecule has 0 saturated heterocycles. The molecule has 0 aromatic heterocycles. The van der Waals surface area contributed by atoms with Gasteiger partial charge in [-0.25, -0.2) is 0 Å². The lowest BCUT2D eigenvalue weighted by atomic mass is 9.87. The van der Waals surface area contributed by atoms with Crippen LogP contribution in [0.5, 0.6) is 0 Å². The largest absolute Gasteiger partial charge is 0.365 e. The van der Waals surface area contributed by atoms with Gasteiger partial charge in [0.25, 0.3) is 0 Å². The molecule has 0 radical (unpaired) electrons. The lowest BCUT2D eigenvalue weighted by molar-refractivity contribution is 0.873. The van der Waals surface area contributed by atoms with Crippen LogP contribution < -0.4 is 5.32 Å². The van der Waals surface area contributed by atoms with Crippen molar-refractivity contribution in [3.8, 4) is 11.1 Å². The highest BCUT2D eigenvalue weighted by atomic mass is 14.8. The van der Waals surface area contributed by atoms with E-state index in [-0.39, 0.29) is 0 Å². The molecule has 1 aliphatic carbocycles. The van der Waals surface area contributed by atoms with Gasteiger partial charge in [-0.05, 0) is 90.3 Å². The second-order valence-electron chi connectivity index (χ2n) is 11.7. The van der Waals surface area contributed by atoms with E-state index in [0.717, 1.165) is 18.4 Å². The fraction of sp³-hybridized carbons (Fsp3) is 0.111. The molecule has 0 bridgehead atoms. The van der Waals surface area contributed by atoms with Gasteiger partial charge in [-0.15, -0.1) is 0 Å². The molecular formula is C45H43N. The quantitative estimate of drug-likeness (QED) is 0.170. The summed E-state index contributed by atoms with van der Waals surface area (Å²) in [6.07, 6.45) is 25.5. The second kappa shape index (κ2) is 16.1. The molecule has 1 aliphatic rings. The summed E-state index contributed by atoms with van der Waals surface area (Å²) in [6.45, 7) is 10.5. The number of aryl methyl sites for hydroxylation is 2. The van der Waals surface area contributed by atoms with Crippen molar-refractivity contribution in [2.45, 2.75) is 33.6 Å². The molecule has 0 spiro atoms. The topological polar surface area (TPSA) is 12.0 Å². The van der Waals surface area contributed by atoms with Gasteiger partial charge < -0.3 is 5.32 Å². The molecule has 1 N–H and O–H groups in total. The van der Waals surface area contributed by atoms with Crippen molar-refractivity contribution >= 4 is 23.3 Å². The molecule has 228 valence electrons. The van der Waals surface area contributed by atoms with Crippen LogP contribution >= 0.6 is 0 Å². The van der Waals surface area contributed by atoms with Gasteiger partial charge in [0.15, 0.2) is 0 Å². The number of allylic oxidation sites excluding steroid dienone is 12. The van der Waals surface area contributed by atoms with Crippen LogP contribution in [0.1, 0.15) is 53.1 Å². The Bertz CT molecular complexity index is 1870. The van der Waals surface area contributed by atoms with E-state index in [0.29, 0.717) is 0 Å². The molecule has 0 aliphatic heterocycles. The lowest BCUT2D eigenvalue weighted by Gasteiger charge is -2.19. The Labute approximate surface area is 275 Å². The third-order valence-corrected chi connectivity index (χ3v) is 8.08. The summed E-state index contributed by atoms with van der Waals surface area (Å²) in [6, 6.07) is 34.5. The van der Waals surface area contributed by atoms with Crippen molar-refractivity contribution in [3.05, 3.63) is 203 Å². The molecule has 0 heterocycles. The summed E-state index contributed by atoms with van der Waals surface area (Å²) in [4.78, 5) is 0. The number of benzene rings is 4. The molecule has 0 unspecified atom stereocenters. The van der Waals surface area contributed by atoms with Crippen LogP contribution in [0, 0.1) is 13.8 Å². The Morgan fingerprint density at radius 3 is 2.02 bits per heavy atom. The van der Waals surface area contributed by atoms with Gasteiger partial charge in [-0.2, -0.15) is 0 Å². The third kappa shape index (κ3) is 8.83. The van der Waals surface area contributed by atoms with E-state index < -0.39 is 0 Å². The molecule has 1 heteroatoms. The maximum atomic E-state index is 4.16. The molecule has 0 saturated carbocycles. The standard InChI is InChI=1S/C45H43N/c1-5-39(15-10-14-37-27-23-35(3)24-28-37)42-18-6-8-20-44(42)45-21-9-7-19-43(45)40-16-11-17-41(33-40)46-32-12-13-34(2)22-29-38-30-25-36(4)26-31-38/h5-10,12-16,18-33,46H,1,11,17H2,2-4H3/b14-10-,29-22-,32-12+,34-13-,39-15+. The van der Waals surface area contributed by atoms with Gasteiger partial charge in [0, 0.05) is 11.9 Å². The van der Waals surface area contributed by atoms with Crippen LogP contribution in [0.4, 0.5) is 0 Å². The van der Waals surface area contributed by atoms with E-state index in [9.17, 15) is 0 Å². The first kappa shape index (κ1) is 32.0. The molecule has 4 aromatic carbocycles. The zero-order valence-electron chi connectivity index (χ0n) is 27.2. The monoisotopic (exact) mass is 597 g/mol. The summed E-state index contributed by atoms with van der Waals surface area (Å²) in [5.41, 5.74) is 14.5. The Kier molecular flexibility index (Phi) is 11.2. The molecule has 5 rings (SSSR count). The Hall–Kier alpha value is -5.40. The van der Waals surface area contributed by atoms with E-state index in [1.807, 2.05) is 12.3 Å². The van der Waals surface area contributed by atoms with E-state index in [1.165, 1.54) is 61.4 Å². The Balaban J connectivity index is 1.33. The maximum absolute atomic E-state index is 4.16. The van der Waals surface area contributed by atoms with Gasteiger partial charge in [0.05, 0.1) is 0 Å². The predicted octanol–water partition coefficient (Wildman–Crippen LogP) is 12.1. The fourth-order valence-electron chi connectivity index (χ4n) is 5.47. The average Bonchev–Trinajstić information content (AvgIpc) is 3.09. The van der Waals surface area contributed by atoms with E-state index >= 15 is 0 Å². The number of hydrogen-bond acceptors (Lipinski definition) is 1. The van der Waals surface area contributed by atoms with E-state index in [1.54, 1.807) is 0 Å². The Morgan fingerprint density at radius 1 is 0.696 bits per heavy atom. The van der Waals surface area contributed by atoms with Crippen molar-refractivity contribution in [2.75, 3.05) is 0 Å². The summed E-state index contributed by atoms with van der Waals surface area (Å²) < 4.78 is 0. The zero-order valence-corrected chi connectivity index (χ0v) is 27.2. The van der Waals surface area contributed by atoms with Crippen LogP contribution in [0.25, 0.3) is 34.4 Å². The predicted molar refractivity (Wildman–Crippen MR) is 202 cm³/mol. The Morgan fingerprint density at radius 2 is 1.33 bits per heavy atom.